The first kappa shape index (κ1) is 8.02. The van der Waals surface area contributed by atoms with Gasteiger partial charge < -0.3 is 5.11 Å². The van der Waals surface area contributed by atoms with Crippen LogP contribution < -0.4 is 0 Å². The average Bonchev–Trinajstić information content (AvgIpc) is 1.78. The van der Waals surface area contributed by atoms with E-state index in [0.717, 1.165) is 19.5 Å². The van der Waals surface area contributed by atoms with Crippen LogP contribution >= 0.6 is 0 Å². The molecule has 2 nitrogen and oxygen atoms in total. The van der Waals surface area contributed by atoms with E-state index >= 15 is 0 Å². The topological polar surface area (TPSA) is 23.5 Å². The normalized spacial score (nSPS) is 28.2. The molecular formula is C8H17NO. The molecule has 0 aromatic carbocycles. The molecule has 60 valence electrons. The van der Waals surface area contributed by atoms with Crippen molar-refractivity contribution >= 4 is 0 Å². The zero-order chi connectivity index (χ0) is 7.78. The summed E-state index contributed by atoms with van der Waals surface area (Å²) in [6.45, 7) is 8.65. The van der Waals surface area contributed by atoms with Crippen molar-refractivity contribution in [1.29, 1.82) is 0 Å². The van der Waals surface area contributed by atoms with Gasteiger partial charge in [-0.05, 0) is 11.8 Å². The zero-order valence-corrected chi connectivity index (χ0v) is 7.09. The second-order valence-corrected chi connectivity index (χ2v) is 4.30. The van der Waals surface area contributed by atoms with Gasteiger partial charge in [0.05, 0.1) is 0 Å². The van der Waals surface area contributed by atoms with Crippen molar-refractivity contribution in [1.82, 2.24) is 4.90 Å². The Hall–Kier alpha value is -0.0800. The van der Waals surface area contributed by atoms with Crippen LogP contribution in [-0.4, -0.2) is 29.3 Å². The van der Waals surface area contributed by atoms with E-state index in [0.29, 0.717) is 5.41 Å². The Bertz CT molecular complexity index is 117. The highest BCUT2D eigenvalue weighted by atomic mass is 16.3. The molecule has 2 heteroatoms. The lowest BCUT2D eigenvalue weighted by atomic mass is 9.94. The molecule has 0 aromatic heterocycles. The quantitative estimate of drug-likeness (QED) is 0.593. The standard InChI is InChI=1S/C8H17NO/c1-8(2,3)6-9-5-4-7(9)10/h7,10H,4-6H2,1-3H3. The number of nitrogens with zero attached hydrogens (tertiary/aromatic N) is 1. The molecular weight excluding hydrogens is 126 g/mol. The maximum absolute atomic E-state index is 9.20. The molecule has 1 unspecified atom stereocenters. The summed E-state index contributed by atoms with van der Waals surface area (Å²) < 4.78 is 0. The summed E-state index contributed by atoms with van der Waals surface area (Å²) in [6, 6.07) is 0. The molecule has 1 heterocycles. The van der Waals surface area contributed by atoms with Crippen molar-refractivity contribution in [2.24, 2.45) is 5.41 Å². The van der Waals surface area contributed by atoms with Crippen LogP contribution in [0.5, 0.6) is 0 Å². The highest BCUT2D eigenvalue weighted by molar-refractivity contribution is 4.78. The third-order valence-corrected chi connectivity index (χ3v) is 1.77. The van der Waals surface area contributed by atoms with Crippen molar-refractivity contribution in [2.75, 3.05) is 13.1 Å². The van der Waals surface area contributed by atoms with Crippen LogP contribution in [0.25, 0.3) is 0 Å². The van der Waals surface area contributed by atoms with E-state index < -0.39 is 0 Å². The smallest absolute Gasteiger partial charge is 0.108 e. The summed E-state index contributed by atoms with van der Waals surface area (Å²) in [7, 11) is 0. The van der Waals surface area contributed by atoms with E-state index in [2.05, 4.69) is 25.7 Å². The first-order valence-corrected chi connectivity index (χ1v) is 3.91. The van der Waals surface area contributed by atoms with Gasteiger partial charge in [-0.3, -0.25) is 4.90 Å². The number of hydrogen-bond acceptors (Lipinski definition) is 2. The second-order valence-electron chi connectivity index (χ2n) is 4.30. The summed E-state index contributed by atoms with van der Waals surface area (Å²) in [6.07, 6.45) is 0.801. The predicted octanol–water partition coefficient (Wildman–Crippen LogP) is 1.06. The lowest BCUT2D eigenvalue weighted by molar-refractivity contribution is -0.0881. The van der Waals surface area contributed by atoms with Gasteiger partial charge in [0.2, 0.25) is 0 Å². The molecule has 0 spiro atoms. The Labute approximate surface area is 62.8 Å². The summed E-state index contributed by atoms with van der Waals surface area (Å²) in [5.41, 5.74) is 0.321. The van der Waals surface area contributed by atoms with Crippen LogP contribution in [0.2, 0.25) is 0 Å². The van der Waals surface area contributed by atoms with Crippen LogP contribution in [0.1, 0.15) is 27.2 Å². The minimum absolute atomic E-state index is 0.153. The van der Waals surface area contributed by atoms with Crippen molar-refractivity contribution in [3.63, 3.8) is 0 Å². The summed E-state index contributed by atoms with van der Waals surface area (Å²) in [5.74, 6) is 0. The largest absolute Gasteiger partial charge is 0.378 e. The van der Waals surface area contributed by atoms with Crippen LogP contribution in [0.4, 0.5) is 0 Å². The fourth-order valence-corrected chi connectivity index (χ4v) is 1.22. The van der Waals surface area contributed by atoms with Gasteiger partial charge in [0.15, 0.2) is 0 Å². The summed E-state index contributed by atoms with van der Waals surface area (Å²) in [5, 5.41) is 9.20. The highest BCUT2D eigenvalue weighted by Crippen LogP contribution is 2.22. The molecule has 1 rings (SSSR count). The van der Waals surface area contributed by atoms with E-state index in [1.165, 1.54) is 0 Å². The molecule has 1 saturated heterocycles. The third-order valence-electron chi connectivity index (χ3n) is 1.77. The van der Waals surface area contributed by atoms with Crippen LogP contribution in [0, 0.1) is 5.41 Å². The molecule has 0 aromatic rings. The molecule has 0 bridgehead atoms. The Kier molecular flexibility index (Phi) is 2.02. The molecule has 0 saturated carbocycles. The van der Waals surface area contributed by atoms with Crippen LogP contribution in [-0.2, 0) is 0 Å². The minimum atomic E-state index is -0.153. The van der Waals surface area contributed by atoms with Gasteiger partial charge in [0, 0.05) is 13.1 Å². The zero-order valence-electron chi connectivity index (χ0n) is 7.09. The van der Waals surface area contributed by atoms with E-state index in [1.807, 2.05) is 0 Å². The number of aliphatic hydroxyl groups is 1. The molecule has 0 amide bonds. The number of rotatable bonds is 1. The number of hydrogen-bond donors (Lipinski definition) is 1. The fraction of sp³-hybridized carbons (Fsp3) is 1.00. The maximum atomic E-state index is 9.20. The van der Waals surface area contributed by atoms with E-state index in [4.69, 9.17) is 0 Å². The van der Waals surface area contributed by atoms with Gasteiger partial charge in [-0.25, -0.2) is 0 Å². The van der Waals surface area contributed by atoms with Gasteiger partial charge >= 0.3 is 0 Å². The van der Waals surface area contributed by atoms with Crippen LogP contribution in [0.15, 0.2) is 0 Å². The molecule has 1 atom stereocenters. The van der Waals surface area contributed by atoms with E-state index in [1.54, 1.807) is 0 Å². The fourth-order valence-electron chi connectivity index (χ4n) is 1.22. The first-order chi connectivity index (χ1) is 4.49. The van der Waals surface area contributed by atoms with Crippen molar-refractivity contribution in [2.45, 2.75) is 33.4 Å². The molecule has 0 radical (unpaired) electrons. The van der Waals surface area contributed by atoms with E-state index in [-0.39, 0.29) is 6.23 Å². The van der Waals surface area contributed by atoms with Gasteiger partial charge in [0.25, 0.3) is 0 Å². The van der Waals surface area contributed by atoms with Crippen molar-refractivity contribution in [3.8, 4) is 0 Å². The molecule has 1 aliphatic rings. The van der Waals surface area contributed by atoms with Gasteiger partial charge in [-0.15, -0.1) is 0 Å². The van der Waals surface area contributed by atoms with E-state index in [9.17, 15) is 5.11 Å². The lowest BCUT2D eigenvalue weighted by Crippen LogP contribution is -2.50. The average molecular weight is 143 g/mol. The molecule has 1 aliphatic heterocycles. The van der Waals surface area contributed by atoms with Crippen molar-refractivity contribution < 1.29 is 5.11 Å². The minimum Gasteiger partial charge on any atom is -0.378 e. The molecule has 0 aliphatic carbocycles. The Morgan fingerprint density at radius 2 is 2.10 bits per heavy atom. The summed E-state index contributed by atoms with van der Waals surface area (Å²) >= 11 is 0. The summed E-state index contributed by atoms with van der Waals surface area (Å²) in [4.78, 5) is 2.11. The molecule has 10 heavy (non-hydrogen) atoms. The maximum Gasteiger partial charge on any atom is 0.108 e. The number of likely N-dealkylation sites (tertiary alicyclic amines) is 1. The predicted molar refractivity (Wildman–Crippen MR) is 41.7 cm³/mol. The monoisotopic (exact) mass is 143 g/mol. The van der Waals surface area contributed by atoms with Gasteiger partial charge in [-0.2, -0.15) is 0 Å². The molecule has 1 N–H and O–H groups in total. The third kappa shape index (κ3) is 1.96. The Morgan fingerprint density at radius 3 is 2.20 bits per heavy atom. The Balaban J connectivity index is 2.26. The van der Waals surface area contributed by atoms with Crippen molar-refractivity contribution in [3.05, 3.63) is 0 Å². The van der Waals surface area contributed by atoms with Gasteiger partial charge in [0.1, 0.15) is 6.23 Å². The van der Waals surface area contributed by atoms with Crippen LogP contribution in [0.3, 0.4) is 0 Å². The Morgan fingerprint density at radius 1 is 1.50 bits per heavy atom. The highest BCUT2D eigenvalue weighted by Gasteiger charge is 2.28. The SMILES string of the molecule is CC(C)(C)CN1CCC1O. The van der Waals surface area contributed by atoms with Gasteiger partial charge in [-0.1, -0.05) is 20.8 Å². The lowest BCUT2D eigenvalue weighted by Gasteiger charge is -2.40. The molecule has 1 fully saturated rings. The first-order valence-electron chi connectivity index (χ1n) is 3.91. The second kappa shape index (κ2) is 2.51. The number of aliphatic hydroxyl groups excluding tert-OH is 1.